The number of hydrogen-bond acceptors (Lipinski definition) is 4. The second-order valence-electron chi connectivity index (χ2n) is 6.42. The highest BCUT2D eigenvalue weighted by molar-refractivity contribution is 6.21. The molecule has 0 atom stereocenters. The van der Waals surface area contributed by atoms with Crippen LogP contribution in [0.5, 0.6) is 5.75 Å². The number of fused-ring (bicyclic) bond motifs is 1. The predicted octanol–water partition coefficient (Wildman–Crippen LogP) is 2.79. The number of carbonyl (C=O) groups excluding carboxylic acids is 3. The molecule has 0 saturated carbocycles. The SMILES string of the molecule is O=C(CCCN1C(=O)c2ccccc2C1=O)NCCCOc1ccc(F)cc1. The quantitative estimate of drug-likeness (QED) is 0.533. The number of carbonyl (C=O) groups is 3. The molecule has 0 saturated heterocycles. The van der Waals surface area contributed by atoms with Gasteiger partial charge in [-0.05, 0) is 49.2 Å². The van der Waals surface area contributed by atoms with E-state index in [1.807, 2.05) is 0 Å². The van der Waals surface area contributed by atoms with E-state index in [0.29, 0.717) is 42.9 Å². The molecule has 3 amide bonds. The molecule has 1 N–H and O–H groups in total. The number of imide groups is 1. The van der Waals surface area contributed by atoms with Gasteiger partial charge >= 0.3 is 0 Å². The van der Waals surface area contributed by atoms with Crippen LogP contribution >= 0.6 is 0 Å². The summed E-state index contributed by atoms with van der Waals surface area (Å²) < 4.78 is 18.2. The molecular weight excluding hydrogens is 363 g/mol. The number of nitrogens with zero attached hydrogens (tertiary/aromatic N) is 1. The number of halogens is 1. The molecule has 1 aliphatic rings. The Labute approximate surface area is 162 Å². The van der Waals surface area contributed by atoms with Gasteiger partial charge in [-0.2, -0.15) is 0 Å². The topological polar surface area (TPSA) is 75.7 Å². The van der Waals surface area contributed by atoms with Crippen LogP contribution in [-0.4, -0.2) is 42.3 Å². The molecule has 0 aromatic heterocycles. The summed E-state index contributed by atoms with van der Waals surface area (Å²) in [6.45, 7) is 1.07. The highest BCUT2D eigenvalue weighted by Gasteiger charge is 2.34. The molecule has 0 fully saturated rings. The molecule has 0 spiro atoms. The molecule has 0 radical (unpaired) electrons. The fraction of sp³-hybridized carbons (Fsp3) is 0.286. The fourth-order valence-corrected chi connectivity index (χ4v) is 2.95. The largest absolute Gasteiger partial charge is 0.494 e. The molecule has 1 aliphatic heterocycles. The molecule has 1 heterocycles. The van der Waals surface area contributed by atoms with Crippen molar-refractivity contribution in [1.82, 2.24) is 10.2 Å². The summed E-state index contributed by atoms with van der Waals surface area (Å²) in [5.41, 5.74) is 0.830. The van der Waals surface area contributed by atoms with Crippen molar-refractivity contribution in [3.05, 3.63) is 65.5 Å². The molecule has 7 heteroatoms. The minimum absolute atomic E-state index is 0.140. The van der Waals surface area contributed by atoms with E-state index >= 15 is 0 Å². The molecule has 146 valence electrons. The summed E-state index contributed by atoms with van der Waals surface area (Å²) in [6.07, 6.45) is 1.25. The number of rotatable bonds is 9. The van der Waals surface area contributed by atoms with Crippen molar-refractivity contribution in [1.29, 1.82) is 0 Å². The Morgan fingerprint density at radius 3 is 2.25 bits per heavy atom. The van der Waals surface area contributed by atoms with Crippen molar-refractivity contribution in [3.8, 4) is 5.75 Å². The second-order valence-corrected chi connectivity index (χ2v) is 6.42. The number of ether oxygens (including phenoxy) is 1. The van der Waals surface area contributed by atoms with Gasteiger partial charge in [0.1, 0.15) is 11.6 Å². The third-order valence-corrected chi connectivity index (χ3v) is 4.39. The zero-order valence-electron chi connectivity index (χ0n) is 15.3. The minimum Gasteiger partial charge on any atom is -0.494 e. The number of hydrogen-bond donors (Lipinski definition) is 1. The van der Waals surface area contributed by atoms with E-state index in [1.54, 1.807) is 36.4 Å². The first-order valence-electron chi connectivity index (χ1n) is 9.16. The Hall–Kier alpha value is -3.22. The third kappa shape index (κ3) is 4.73. The van der Waals surface area contributed by atoms with Crippen molar-refractivity contribution in [2.75, 3.05) is 19.7 Å². The zero-order valence-corrected chi connectivity index (χ0v) is 15.3. The Balaban J connectivity index is 1.30. The van der Waals surface area contributed by atoms with Gasteiger partial charge in [0.15, 0.2) is 0 Å². The lowest BCUT2D eigenvalue weighted by Crippen LogP contribution is -2.32. The molecule has 2 aromatic rings. The van der Waals surface area contributed by atoms with E-state index < -0.39 is 0 Å². The first-order chi connectivity index (χ1) is 13.6. The van der Waals surface area contributed by atoms with Gasteiger partial charge in [-0.15, -0.1) is 0 Å². The van der Waals surface area contributed by atoms with Gasteiger partial charge in [-0.25, -0.2) is 4.39 Å². The Kier molecular flexibility index (Phi) is 6.37. The van der Waals surface area contributed by atoms with Gasteiger partial charge in [0.05, 0.1) is 17.7 Å². The van der Waals surface area contributed by atoms with Gasteiger partial charge in [0.25, 0.3) is 11.8 Å². The van der Waals surface area contributed by atoms with Gasteiger partial charge in [0.2, 0.25) is 5.91 Å². The summed E-state index contributed by atoms with van der Waals surface area (Å²) >= 11 is 0. The Morgan fingerprint density at radius 2 is 1.61 bits per heavy atom. The maximum absolute atomic E-state index is 12.8. The lowest BCUT2D eigenvalue weighted by Gasteiger charge is -2.13. The number of benzene rings is 2. The van der Waals surface area contributed by atoms with Crippen LogP contribution in [0, 0.1) is 5.82 Å². The number of amides is 3. The van der Waals surface area contributed by atoms with Gasteiger partial charge in [0, 0.05) is 19.5 Å². The standard InChI is InChI=1S/C21H21FN2O4/c22-15-8-10-16(11-9-15)28-14-4-12-23-19(25)7-3-13-24-20(26)17-5-1-2-6-18(17)21(24)27/h1-2,5-6,8-11H,3-4,7,12-14H2,(H,23,25). The van der Waals surface area contributed by atoms with Crippen molar-refractivity contribution in [3.63, 3.8) is 0 Å². The Morgan fingerprint density at radius 1 is 0.964 bits per heavy atom. The van der Waals surface area contributed by atoms with Gasteiger partial charge in [-0.3, -0.25) is 19.3 Å². The van der Waals surface area contributed by atoms with E-state index in [1.165, 1.54) is 17.0 Å². The van der Waals surface area contributed by atoms with Gasteiger partial charge in [-0.1, -0.05) is 12.1 Å². The van der Waals surface area contributed by atoms with Crippen LogP contribution in [0.4, 0.5) is 4.39 Å². The van der Waals surface area contributed by atoms with Crippen molar-refractivity contribution in [2.45, 2.75) is 19.3 Å². The molecule has 0 aliphatic carbocycles. The lowest BCUT2D eigenvalue weighted by molar-refractivity contribution is -0.121. The summed E-state index contributed by atoms with van der Waals surface area (Å²) in [4.78, 5) is 37.5. The fourth-order valence-electron chi connectivity index (χ4n) is 2.95. The highest BCUT2D eigenvalue weighted by Crippen LogP contribution is 2.22. The molecule has 28 heavy (non-hydrogen) atoms. The monoisotopic (exact) mass is 384 g/mol. The molecule has 3 rings (SSSR count). The van der Waals surface area contributed by atoms with Gasteiger partial charge < -0.3 is 10.1 Å². The highest BCUT2D eigenvalue weighted by atomic mass is 19.1. The van der Waals surface area contributed by atoms with Crippen LogP contribution < -0.4 is 10.1 Å². The van der Waals surface area contributed by atoms with Crippen molar-refractivity contribution >= 4 is 17.7 Å². The summed E-state index contributed by atoms with van der Waals surface area (Å²) in [7, 11) is 0. The Bertz CT molecular complexity index is 832. The van der Waals surface area contributed by atoms with Crippen molar-refractivity contribution in [2.24, 2.45) is 0 Å². The van der Waals surface area contributed by atoms with Crippen LogP contribution in [-0.2, 0) is 4.79 Å². The first-order valence-corrected chi connectivity index (χ1v) is 9.16. The predicted molar refractivity (Wildman–Crippen MR) is 101 cm³/mol. The molecule has 0 bridgehead atoms. The van der Waals surface area contributed by atoms with Crippen LogP contribution in [0.2, 0.25) is 0 Å². The average Bonchev–Trinajstić information content (AvgIpc) is 2.94. The number of nitrogens with one attached hydrogen (secondary N) is 1. The van der Waals surface area contributed by atoms with Crippen molar-refractivity contribution < 1.29 is 23.5 Å². The lowest BCUT2D eigenvalue weighted by atomic mass is 10.1. The normalized spacial score (nSPS) is 12.8. The second kappa shape index (κ2) is 9.12. The molecule has 6 nitrogen and oxygen atoms in total. The molecule has 0 unspecified atom stereocenters. The maximum atomic E-state index is 12.8. The zero-order chi connectivity index (χ0) is 19.9. The smallest absolute Gasteiger partial charge is 0.261 e. The first kappa shape index (κ1) is 19.5. The molecular formula is C21H21FN2O4. The van der Waals surface area contributed by atoms with Crippen LogP contribution in [0.1, 0.15) is 40.0 Å². The summed E-state index contributed by atoms with van der Waals surface area (Å²) in [5, 5.41) is 2.78. The van der Waals surface area contributed by atoms with E-state index in [4.69, 9.17) is 4.74 Å². The summed E-state index contributed by atoms with van der Waals surface area (Å²) in [5.74, 6) is -0.495. The van der Waals surface area contributed by atoms with E-state index in [0.717, 1.165) is 0 Å². The van der Waals surface area contributed by atoms with Crippen LogP contribution in [0.3, 0.4) is 0 Å². The van der Waals surface area contributed by atoms with Crippen LogP contribution in [0.25, 0.3) is 0 Å². The average molecular weight is 384 g/mol. The van der Waals surface area contributed by atoms with E-state index in [-0.39, 0.29) is 36.5 Å². The third-order valence-electron chi connectivity index (χ3n) is 4.39. The van der Waals surface area contributed by atoms with Crippen LogP contribution in [0.15, 0.2) is 48.5 Å². The van der Waals surface area contributed by atoms with E-state index in [9.17, 15) is 18.8 Å². The maximum Gasteiger partial charge on any atom is 0.261 e. The molecule has 2 aromatic carbocycles. The van der Waals surface area contributed by atoms with E-state index in [2.05, 4.69) is 5.32 Å². The minimum atomic E-state index is -0.319. The summed E-state index contributed by atoms with van der Waals surface area (Å²) in [6, 6.07) is 12.5.